The predicted octanol–water partition coefficient (Wildman–Crippen LogP) is 2.34. The van der Waals surface area contributed by atoms with Crippen LogP contribution in [0.15, 0.2) is 42.5 Å². The Balaban J connectivity index is 1.77. The highest BCUT2D eigenvalue weighted by atomic mass is 16.2. The van der Waals surface area contributed by atoms with Gasteiger partial charge in [-0.1, -0.05) is 24.3 Å². The van der Waals surface area contributed by atoms with Gasteiger partial charge in [-0.25, -0.2) is 4.79 Å². The minimum absolute atomic E-state index is 0.256. The number of carbonyl (C=O) groups is 3. The van der Waals surface area contributed by atoms with Crippen LogP contribution in [-0.2, 0) is 22.6 Å². The van der Waals surface area contributed by atoms with Crippen molar-refractivity contribution in [3.63, 3.8) is 0 Å². The summed E-state index contributed by atoms with van der Waals surface area (Å²) in [4.78, 5) is 35.1. The lowest BCUT2D eigenvalue weighted by Gasteiger charge is -2.20. The largest absolute Gasteiger partial charge is 0.341 e. The number of benzene rings is 2. The number of urea groups is 1. The van der Waals surface area contributed by atoms with Crippen LogP contribution in [-0.4, -0.2) is 22.4 Å². The highest BCUT2D eigenvalue weighted by molar-refractivity contribution is 6.16. The summed E-state index contributed by atoms with van der Waals surface area (Å²) in [7, 11) is 0. The first-order chi connectivity index (χ1) is 12.1. The molecular weight excluding hydrogens is 318 g/mol. The van der Waals surface area contributed by atoms with Gasteiger partial charge in [-0.2, -0.15) is 0 Å². The molecule has 0 unspecified atom stereocenters. The number of amides is 4. The molecule has 2 aromatic carbocycles. The molecule has 3 aromatic rings. The summed E-state index contributed by atoms with van der Waals surface area (Å²) in [5, 5.41) is 6.54. The van der Waals surface area contributed by atoms with Crippen molar-refractivity contribution in [1.82, 2.24) is 15.2 Å². The third-order valence-electron chi connectivity index (χ3n) is 4.70. The summed E-state index contributed by atoms with van der Waals surface area (Å²) in [5.74, 6) is -2.00. The molecule has 4 amide bonds. The molecule has 1 fully saturated rings. The summed E-state index contributed by atoms with van der Waals surface area (Å²) >= 11 is 0. The molecule has 126 valence electrons. The molecule has 6 heteroatoms. The number of hydrogen-bond acceptors (Lipinski definition) is 3. The fraction of sp³-hybridized carbons (Fsp3) is 0.211. The average molecular weight is 335 g/mol. The van der Waals surface area contributed by atoms with Gasteiger partial charge in [-0.05, 0) is 37.1 Å². The van der Waals surface area contributed by atoms with Crippen molar-refractivity contribution in [3.05, 3.63) is 48.0 Å². The molecule has 0 radical (unpaired) electrons. The smallest absolute Gasteiger partial charge is 0.328 e. The topological polar surface area (TPSA) is 80.2 Å². The van der Waals surface area contributed by atoms with E-state index in [1.165, 1.54) is 0 Å². The van der Waals surface area contributed by atoms with Crippen LogP contribution in [0.3, 0.4) is 0 Å². The van der Waals surface area contributed by atoms with Crippen LogP contribution in [0.1, 0.15) is 12.5 Å². The highest BCUT2D eigenvalue weighted by Crippen LogP contribution is 2.30. The fourth-order valence-electron chi connectivity index (χ4n) is 3.54. The first-order valence-electron chi connectivity index (χ1n) is 8.24. The van der Waals surface area contributed by atoms with Crippen molar-refractivity contribution in [2.45, 2.75) is 19.9 Å². The molecule has 0 spiro atoms. The van der Waals surface area contributed by atoms with Gasteiger partial charge in [0.15, 0.2) is 0 Å². The standard InChI is InChI=1S/C19H17N3O3/c1-2-22-15-6-4-3-5-12(15)13-9-11(7-8-16(13)22)10-14-17(23)20-19(25)21-18(14)24/h3-9,14H,2,10H2,1H3,(H2,20,21,23,24,25). The lowest BCUT2D eigenvalue weighted by Crippen LogP contribution is -2.56. The van der Waals surface area contributed by atoms with Gasteiger partial charge in [0.05, 0.1) is 0 Å². The monoisotopic (exact) mass is 335 g/mol. The second-order valence-electron chi connectivity index (χ2n) is 6.18. The molecule has 0 atom stereocenters. The number of fused-ring (bicyclic) bond motifs is 3. The van der Waals surface area contributed by atoms with Crippen LogP contribution in [0.5, 0.6) is 0 Å². The number of imide groups is 2. The van der Waals surface area contributed by atoms with Crippen molar-refractivity contribution in [2.24, 2.45) is 5.92 Å². The first-order valence-corrected chi connectivity index (χ1v) is 8.24. The average Bonchev–Trinajstić information content (AvgIpc) is 2.91. The van der Waals surface area contributed by atoms with Gasteiger partial charge in [-0.15, -0.1) is 0 Å². The molecular formula is C19H17N3O3. The minimum Gasteiger partial charge on any atom is -0.341 e. The number of para-hydroxylation sites is 1. The fourth-order valence-corrected chi connectivity index (χ4v) is 3.54. The summed E-state index contributed by atoms with van der Waals surface area (Å²) < 4.78 is 2.24. The zero-order valence-electron chi connectivity index (χ0n) is 13.7. The lowest BCUT2D eigenvalue weighted by molar-refractivity contribution is -0.135. The normalized spacial score (nSPS) is 15.6. The number of nitrogens with zero attached hydrogens (tertiary/aromatic N) is 1. The maximum Gasteiger partial charge on any atom is 0.328 e. The molecule has 0 saturated carbocycles. The molecule has 4 rings (SSSR count). The van der Waals surface area contributed by atoms with Crippen molar-refractivity contribution in [2.75, 3.05) is 0 Å². The lowest BCUT2D eigenvalue weighted by atomic mass is 9.95. The van der Waals surface area contributed by atoms with Crippen LogP contribution >= 0.6 is 0 Å². The van der Waals surface area contributed by atoms with E-state index in [2.05, 4.69) is 34.3 Å². The van der Waals surface area contributed by atoms with Crippen molar-refractivity contribution in [3.8, 4) is 0 Å². The predicted molar refractivity (Wildman–Crippen MR) is 94.0 cm³/mol. The number of hydrogen-bond donors (Lipinski definition) is 2. The van der Waals surface area contributed by atoms with Crippen LogP contribution in [0, 0.1) is 5.92 Å². The Labute approximate surface area is 143 Å². The van der Waals surface area contributed by atoms with E-state index in [1.54, 1.807) is 0 Å². The van der Waals surface area contributed by atoms with Gasteiger partial charge >= 0.3 is 6.03 Å². The van der Waals surface area contributed by atoms with E-state index in [9.17, 15) is 14.4 Å². The highest BCUT2D eigenvalue weighted by Gasteiger charge is 2.34. The number of carbonyl (C=O) groups excluding carboxylic acids is 3. The second-order valence-corrected chi connectivity index (χ2v) is 6.18. The van der Waals surface area contributed by atoms with Crippen LogP contribution < -0.4 is 10.6 Å². The first kappa shape index (κ1) is 15.4. The maximum atomic E-state index is 11.9. The third-order valence-corrected chi connectivity index (χ3v) is 4.70. The van der Waals surface area contributed by atoms with Gasteiger partial charge < -0.3 is 4.57 Å². The van der Waals surface area contributed by atoms with Gasteiger partial charge in [-0.3, -0.25) is 20.2 Å². The molecule has 2 heterocycles. The summed E-state index contributed by atoms with van der Waals surface area (Å²) in [6.07, 6.45) is 0.256. The van der Waals surface area contributed by atoms with E-state index < -0.39 is 23.8 Å². The van der Waals surface area contributed by atoms with Crippen molar-refractivity contribution in [1.29, 1.82) is 0 Å². The Morgan fingerprint density at radius 2 is 1.60 bits per heavy atom. The Kier molecular flexibility index (Phi) is 3.53. The second kappa shape index (κ2) is 5.73. The van der Waals surface area contributed by atoms with Crippen LogP contribution in [0.4, 0.5) is 4.79 Å². The summed E-state index contributed by atoms with van der Waals surface area (Å²) in [6.45, 7) is 2.96. The summed E-state index contributed by atoms with van der Waals surface area (Å²) in [5.41, 5.74) is 3.17. The van der Waals surface area contributed by atoms with E-state index in [0.29, 0.717) is 0 Å². The van der Waals surface area contributed by atoms with Crippen LogP contribution in [0.25, 0.3) is 21.8 Å². The molecule has 1 saturated heterocycles. The van der Waals surface area contributed by atoms with Crippen LogP contribution in [0.2, 0.25) is 0 Å². The Hall–Kier alpha value is -3.15. The quantitative estimate of drug-likeness (QED) is 0.721. The molecule has 2 N–H and O–H groups in total. The number of aromatic nitrogens is 1. The number of barbiturate groups is 1. The number of nitrogens with one attached hydrogen (secondary N) is 2. The zero-order chi connectivity index (χ0) is 17.6. The summed E-state index contributed by atoms with van der Waals surface area (Å²) in [6, 6.07) is 13.4. The Morgan fingerprint density at radius 3 is 2.32 bits per heavy atom. The minimum atomic E-state index is -0.894. The van der Waals surface area contributed by atoms with Gasteiger partial charge in [0.2, 0.25) is 11.8 Å². The van der Waals surface area contributed by atoms with E-state index in [4.69, 9.17) is 0 Å². The number of rotatable bonds is 3. The molecule has 25 heavy (non-hydrogen) atoms. The molecule has 6 nitrogen and oxygen atoms in total. The molecule has 0 bridgehead atoms. The third kappa shape index (κ3) is 2.46. The van der Waals surface area contributed by atoms with Gasteiger partial charge in [0.25, 0.3) is 0 Å². The Bertz CT molecular complexity index is 1010. The maximum absolute atomic E-state index is 11.9. The van der Waals surface area contributed by atoms with E-state index in [0.717, 1.165) is 33.9 Å². The van der Waals surface area contributed by atoms with Gasteiger partial charge in [0, 0.05) is 28.4 Å². The molecule has 1 aromatic heterocycles. The number of aryl methyl sites for hydroxylation is 1. The van der Waals surface area contributed by atoms with E-state index >= 15 is 0 Å². The van der Waals surface area contributed by atoms with Crippen molar-refractivity contribution >= 4 is 39.7 Å². The molecule has 0 aliphatic carbocycles. The Morgan fingerprint density at radius 1 is 0.920 bits per heavy atom. The van der Waals surface area contributed by atoms with E-state index in [-0.39, 0.29) is 6.42 Å². The van der Waals surface area contributed by atoms with Crippen molar-refractivity contribution < 1.29 is 14.4 Å². The van der Waals surface area contributed by atoms with E-state index in [1.807, 2.05) is 30.3 Å². The molecule has 1 aliphatic rings. The zero-order valence-corrected chi connectivity index (χ0v) is 13.7. The SMILES string of the molecule is CCn1c2ccccc2c2cc(CC3C(=O)NC(=O)NC3=O)ccc21. The molecule has 1 aliphatic heterocycles. The van der Waals surface area contributed by atoms with Gasteiger partial charge in [0.1, 0.15) is 5.92 Å².